The normalized spacial score (nSPS) is 12.6. The van der Waals surface area contributed by atoms with Gasteiger partial charge < -0.3 is 17.5 Å². The zero-order chi connectivity index (χ0) is 22.5. The van der Waals surface area contributed by atoms with Gasteiger partial charge in [-0.2, -0.15) is 0 Å². The third-order valence-corrected chi connectivity index (χ3v) is 5.38. The van der Waals surface area contributed by atoms with E-state index in [2.05, 4.69) is 31.9 Å². The van der Waals surface area contributed by atoms with Crippen molar-refractivity contribution in [3.8, 4) is 0 Å². The van der Waals surface area contributed by atoms with E-state index in [0.717, 1.165) is 36.8 Å². The van der Waals surface area contributed by atoms with E-state index < -0.39 is 16.1 Å². The summed E-state index contributed by atoms with van der Waals surface area (Å²) in [5, 5.41) is 3.57. The van der Waals surface area contributed by atoms with E-state index in [1.807, 2.05) is 96.2 Å². The molecule has 32 heavy (non-hydrogen) atoms. The Kier molecular flexibility index (Phi) is 13.6. The van der Waals surface area contributed by atoms with Crippen LogP contribution in [0.5, 0.6) is 0 Å². The third-order valence-electron chi connectivity index (χ3n) is 4.77. The molecule has 3 aromatic carbocycles. The molecule has 0 aromatic heterocycles. The summed E-state index contributed by atoms with van der Waals surface area (Å²) in [5.41, 5.74) is 3.20. The Bertz CT molecular complexity index is 975. The molecule has 0 aliphatic heterocycles. The van der Waals surface area contributed by atoms with Crippen molar-refractivity contribution in [1.29, 1.82) is 0 Å². The van der Waals surface area contributed by atoms with Crippen molar-refractivity contribution in [3.05, 3.63) is 120 Å². The van der Waals surface area contributed by atoms with E-state index in [1.54, 1.807) is 0 Å². The summed E-state index contributed by atoms with van der Waals surface area (Å²) in [5.74, 6) is 0. The van der Waals surface area contributed by atoms with Gasteiger partial charge in [0.1, 0.15) is 0 Å². The van der Waals surface area contributed by atoms with Crippen LogP contribution in [0.1, 0.15) is 35.2 Å². The van der Waals surface area contributed by atoms with E-state index in [4.69, 9.17) is 0 Å². The predicted molar refractivity (Wildman–Crippen MR) is 132 cm³/mol. The van der Waals surface area contributed by atoms with Crippen LogP contribution in [0, 0.1) is 7.43 Å². The van der Waals surface area contributed by atoms with Crippen LogP contribution >= 0.6 is 9.69 Å². The van der Waals surface area contributed by atoms with Crippen molar-refractivity contribution in [1.82, 2.24) is 5.32 Å². The maximum absolute atomic E-state index is 12.1. The molecule has 4 nitrogen and oxygen atoms in total. The van der Waals surface area contributed by atoms with Crippen LogP contribution in [-0.2, 0) is 33.8 Å². The molecule has 0 saturated heterocycles. The summed E-state index contributed by atoms with van der Waals surface area (Å²) >= 11 is 1.82. The molecule has 0 spiro atoms. The van der Waals surface area contributed by atoms with Gasteiger partial charge in [-0.1, -0.05) is 103 Å². The molecule has 0 aliphatic rings. The Balaban J connectivity index is 0.00000166. The Morgan fingerprint density at radius 3 is 1.81 bits per heavy atom. The summed E-state index contributed by atoms with van der Waals surface area (Å²) in [6.07, 6.45) is 3.07. The zero-order valence-electron chi connectivity index (χ0n) is 18.3. The molecule has 3 aromatic rings. The molecule has 7 heteroatoms. The van der Waals surface area contributed by atoms with E-state index >= 15 is 0 Å². The van der Waals surface area contributed by atoms with E-state index in [0.29, 0.717) is 0 Å². The van der Waals surface area contributed by atoms with Gasteiger partial charge in [0.05, 0.1) is 10.0 Å². The van der Waals surface area contributed by atoms with Gasteiger partial charge in [0.2, 0.25) is 0 Å². The fourth-order valence-electron chi connectivity index (χ4n) is 3.44. The van der Waals surface area contributed by atoms with Gasteiger partial charge in [0.15, 0.2) is 0 Å². The number of halogens is 1. The van der Waals surface area contributed by atoms with Gasteiger partial charge >= 0.3 is 27.0 Å². The first-order valence-electron chi connectivity index (χ1n) is 9.95. The second-order valence-corrected chi connectivity index (χ2v) is 8.80. The predicted octanol–water partition coefficient (Wildman–Crippen LogP) is 6.16. The Morgan fingerprint density at radius 2 is 1.31 bits per heavy atom. The van der Waals surface area contributed by atoms with Crippen LogP contribution in [0.2, 0.25) is 0 Å². The number of nitrogens with one attached hydrogen (secondary N) is 1. The number of benzene rings is 3. The number of hydrogen-bond donors (Lipinski definition) is 1. The SMILES string of the molecule is CS(=O)(=O)[N-][C@H](c1ccccc1)[C@H](NCCCc1ccccc1)c1ccccc1.[CH3-].[Cl][Ru+3]. The van der Waals surface area contributed by atoms with Gasteiger partial charge in [-0.3, -0.25) is 0 Å². The monoisotopic (exact) mass is 559 g/mol. The third kappa shape index (κ3) is 9.93. The molecule has 0 aliphatic carbocycles. The Labute approximate surface area is 207 Å². The van der Waals surface area contributed by atoms with Crippen LogP contribution in [0.25, 0.3) is 4.72 Å². The Morgan fingerprint density at radius 1 is 0.844 bits per heavy atom. The standard InChI is InChI=1S/C24H27N2O2S.CH3.ClH.Ru/c1-29(27,28)26-24(22-17-9-4-10-18-22)23(21-15-7-3-8-16-21)25-19-11-14-20-12-5-2-6-13-20;;;/h2-10,12-13,15-18,23-25H,11,14,19H2,1H3;1H3;1H;/q2*-1;;+4/p-1/t23-,24-;;;/m1.../s1. The molecule has 0 amide bonds. The summed E-state index contributed by atoms with van der Waals surface area (Å²) in [4.78, 5) is 0. The van der Waals surface area contributed by atoms with E-state index in [-0.39, 0.29) is 13.5 Å². The van der Waals surface area contributed by atoms with Crippen LogP contribution in [0.3, 0.4) is 0 Å². The summed E-state index contributed by atoms with van der Waals surface area (Å²) in [6.45, 7) is 0.761. The summed E-state index contributed by atoms with van der Waals surface area (Å²) in [7, 11) is 1.06. The van der Waals surface area contributed by atoms with E-state index in [9.17, 15) is 8.42 Å². The van der Waals surface area contributed by atoms with Crippen LogP contribution in [0.4, 0.5) is 0 Å². The van der Waals surface area contributed by atoms with E-state index in [1.165, 1.54) is 5.56 Å². The Hall–Kier alpha value is -1.56. The number of nitrogens with zero attached hydrogens (tertiary/aromatic N) is 1. The molecule has 3 rings (SSSR count). The summed E-state index contributed by atoms with van der Waals surface area (Å²) < 4.78 is 28.3. The van der Waals surface area contributed by atoms with Gasteiger partial charge in [0, 0.05) is 12.3 Å². The van der Waals surface area contributed by atoms with Gasteiger partial charge in [-0.25, -0.2) is 8.42 Å². The quantitative estimate of drug-likeness (QED) is 0.184. The average molecular weight is 559 g/mol. The van der Waals surface area contributed by atoms with Crippen molar-refractivity contribution < 1.29 is 25.7 Å². The molecule has 0 unspecified atom stereocenters. The fourth-order valence-corrected chi connectivity index (χ4v) is 4.09. The molecule has 0 fully saturated rings. The number of aryl methyl sites for hydroxylation is 1. The minimum absolute atomic E-state index is 0. The first-order valence-corrected chi connectivity index (χ1v) is 14.0. The first-order chi connectivity index (χ1) is 15.0. The van der Waals surface area contributed by atoms with Crippen LogP contribution < -0.4 is 5.32 Å². The molecule has 172 valence electrons. The molecule has 0 radical (unpaired) electrons. The number of sulfonamides is 1. The molecule has 0 heterocycles. The maximum atomic E-state index is 12.1. The van der Waals surface area contributed by atoms with Crippen molar-refractivity contribution in [2.75, 3.05) is 12.8 Å². The van der Waals surface area contributed by atoms with Gasteiger partial charge in [-0.15, -0.1) is 0 Å². The summed E-state index contributed by atoms with van der Waals surface area (Å²) in [6, 6.07) is 29.2. The zero-order valence-corrected chi connectivity index (χ0v) is 21.7. The molecule has 0 bridgehead atoms. The van der Waals surface area contributed by atoms with Crippen molar-refractivity contribution in [2.45, 2.75) is 24.9 Å². The average Bonchev–Trinajstić information content (AvgIpc) is 2.80. The van der Waals surface area contributed by atoms with Gasteiger partial charge in [0.25, 0.3) is 0 Å². The van der Waals surface area contributed by atoms with Crippen molar-refractivity contribution in [3.63, 3.8) is 0 Å². The molecular formula is C25H30ClN2O2RuS+. The first kappa shape index (κ1) is 28.5. The topological polar surface area (TPSA) is 60.3 Å². The van der Waals surface area contributed by atoms with Gasteiger partial charge in [-0.05, 0) is 30.5 Å². The minimum atomic E-state index is -3.51. The van der Waals surface area contributed by atoms with Crippen LogP contribution in [0.15, 0.2) is 91.0 Å². The second kappa shape index (κ2) is 15.3. The molecular weight excluding hydrogens is 529 g/mol. The van der Waals surface area contributed by atoms with Crippen LogP contribution in [-0.4, -0.2) is 21.2 Å². The van der Waals surface area contributed by atoms with Crippen molar-refractivity contribution >= 4 is 19.7 Å². The molecule has 1 N–H and O–H groups in total. The molecule has 2 atom stereocenters. The second-order valence-electron chi connectivity index (χ2n) is 7.13. The fraction of sp³-hybridized carbons (Fsp3) is 0.240. The molecule has 0 saturated carbocycles. The number of hydrogen-bond acceptors (Lipinski definition) is 3. The van der Waals surface area contributed by atoms with Crippen molar-refractivity contribution in [2.24, 2.45) is 0 Å². The number of rotatable bonds is 10.